The predicted molar refractivity (Wildman–Crippen MR) is 83.2 cm³/mol. The average Bonchev–Trinajstić information content (AvgIpc) is 2.82. The van der Waals surface area contributed by atoms with Crippen LogP contribution in [0.5, 0.6) is 0 Å². The Labute approximate surface area is 125 Å². The average molecular weight is 343 g/mol. The lowest BCUT2D eigenvalue weighted by atomic mass is 10.1. The summed E-state index contributed by atoms with van der Waals surface area (Å²) >= 11 is 5.21. The highest BCUT2D eigenvalue weighted by atomic mass is 79.9. The molecule has 1 unspecified atom stereocenters. The second kappa shape index (κ2) is 6.50. The molecule has 19 heavy (non-hydrogen) atoms. The smallest absolute Gasteiger partial charge is 0.125 e. The summed E-state index contributed by atoms with van der Waals surface area (Å²) in [5, 5.41) is 2.03. The molecule has 2 nitrogen and oxygen atoms in total. The Hall–Kier alpha value is -0.910. The van der Waals surface area contributed by atoms with Crippen LogP contribution in [-0.4, -0.2) is 13.1 Å². The molecule has 102 valence electrons. The minimum absolute atomic E-state index is 0.0566. The van der Waals surface area contributed by atoms with Gasteiger partial charge in [-0.25, -0.2) is 4.39 Å². The molecular formula is C14H16BrFN2S. The van der Waals surface area contributed by atoms with Crippen molar-refractivity contribution in [1.82, 2.24) is 0 Å². The number of halogens is 2. The van der Waals surface area contributed by atoms with E-state index in [4.69, 9.17) is 5.73 Å². The van der Waals surface area contributed by atoms with Crippen molar-refractivity contribution in [3.63, 3.8) is 0 Å². The normalized spacial score (nSPS) is 12.4. The molecule has 0 aliphatic carbocycles. The zero-order chi connectivity index (χ0) is 13.8. The van der Waals surface area contributed by atoms with Gasteiger partial charge in [-0.1, -0.05) is 6.07 Å². The first-order valence-corrected chi connectivity index (χ1v) is 7.79. The summed E-state index contributed by atoms with van der Waals surface area (Å²) in [4.78, 5) is 3.30. The van der Waals surface area contributed by atoms with Crippen molar-refractivity contribution in [2.45, 2.75) is 13.0 Å². The summed E-state index contributed by atoms with van der Waals surface area (Å²) < 4.78 is 14.4. The molecule has 2 aromatic rings. The summed E-state index contributed by atoms with van der Waals surface area (Å²) in [6.45, 7) is 3.31. The van der Waals surface area contributed by atoms with Gasteiger partial charge in [0.15, 0.2) is 0 Å². The van der Waals surface area contributed by atoms with E-state index in [-0.39, 0.29) is 11.9 Å². The van der Waals surface area contributed by atoms with E-state index in [1.165, 1.54) is 10.9 Å². The van der Waals surface area contributed by atoms with Crippen LogP contribution < -0.4 is 10.6 Å². The molecule has 2 rings (SSSR count). The van der Waals surface area contributed by atoms with Gasteiger partial charge in [-0.15, -0.1) is 11.3 Å². The molecule has 1 aromatic heterocycles. The van der Waals surface area contributed by atoms with Crippen LogP contribution in [0.3, 0.4) is 0 Å². The van der Waals surface area contributed by atoms with Gasteiger partial charge in [-0.3, -0.25) is 0 Å². The van der Waals surface area contributed by atoms with Gasteiger partial charge in [0.1, 0.15) is 5.82 Å². The van der Waals surface area contributed by atoms with Crippen LogP contribution in [0, 0.1) is 5.82 Å². The molecule has 0 amide bonds. The van der Waals surface area contributed by atoms with E-state index in [0.29, 0.717) is 6.54 Å². The Bertz CT molecular complexity index is 544. The molecule has 0 aliphatic heterocycles. The minimum atomic E-state index is -0.225. The highest BCUT2D eigenvalue weighted by Gasteiger charge is 2.21. The highest BCUT2D eigenvalue weighted by molar-refractivity contribution is 9.10. The molecule has 0 radical (unpaired) electrons. The maximum Gasteiger partial charge on any atom is 0.125 e. The zero-order valence-electron chi connectivity index (χ0n) is 10.6. The molecule has 1 heterocycles. The van der Waals surface area contributed by atoms with Crippen molar-refractivity contribution < 1.29 is 4.39 Å². The third kappa shape index (κ3) is 3.16. The Morgan fingerprint density at radius 1 is 1.42 bits per heavy atom. The maximum atomic E-state index is 13.4. The van der Waals surface area contributed by atoms with Crippen LogP contribution in [0.4, 0.5) is 10.1 Å². The van der Waals surface area contributed by atoms with Crippen LogP contribution in [0.15, 0.2) is 40.2 Å². The number of likely N-dealkylation sites (N-methyl/N-ethyl adjacent to an activating group) is 1. The van der Waals surface area contributed by atoms with Crippen molar-refractivity contribution in [3.05, 3.63) is 50.9 Å². The fourth-order valence-electron chi connectivity index (χ4n) is 2.16. The van der Waals surface area contributed by atoms with Crippen molar-refractivity contribution >= 4 is 33.0 Å². The number of nitrogens with zero attached hydrogens (tertiary/aromatic N) is 1. The number of anilines is 1. The van der Waals surface area contributed by atoms with Gasteiger partial charge >= 0.3 is 0 Å². The SMILES string of the molecule is CCN(c1cccc(F)c1)C(CN)c1sccc1Br. The van der Waals surface area contributed by atoms with Crippen molar-refractivity contribution in [2.24, 2.45) is 5.73 Å². The largest absolute Gasteiger partial charge is 0.363 e. The number of thiophene rings is 1. The van der Waals surface area contributed by atoms with E-state index in [9.17, 15) is 4.39 Å². The Kier molecular flexibility index (Phi) is 4.96. The monoisotopic (exact) mass is 342 g/mol. The van der Waals surface area contributed by atoms with E-state index in [2.05, 4.69) is 27.8 Å². The summed E-state index contributed by atoms with van der Waals surface area (Å²) in [6, 6.07) is 8.72. The lowest BCUT2D eigenvalue weighted by molar-refractivity contribution is 0.618. The molecule has 0 fully saturated rings. The summed E-state index contributed by atoms with van der Waals surface area (Å²) in [5.74, 6) is -0.225. The van der Waals surface area contributed by atoms with Crippen LogP contribution in [0.25, 0.3) is 0 Å². The maximum absolute atomic E-state index is 13.4. The van der Waals surface area contributed by atoms with E-state index in [1.54, 1.807) is 23.5 Å². The first-order chi connectivity index (χ1) is 9.17. The Morgan fingerprint density at radius 3 is 2.74 bits per heavy atom. The molecule has 5 heteroatoms. The fourth-order valence-corrected chi connectivity index (χ4v) is 3.92. The Balaban J connectivity index is 2.37. The first-order valence-electron chi connectivity index (χ1n) is 6.12. The molecule has 0 bridgehead atoms. The van der Waals surface area contributed by atoms with Gasteiger partial charge in [0, 0.05) is 28.1 Å². The molecule has 0 saturated carbocycles. The standard InChI is InChI=1S/C14H16BrFN2S/c1-2-18(11-5-3-4-10(16)8-11)13(9-17)14-12(15)6-7-19-14/h3-8,13H,2,9,17H2,1H3. The van der Waals surface area contributed by atoms with E-state index >= 15 is 0 Å². The van der Waals surface area contributed by atoms with E-state index in [1.807, 2.05) is 17.5 Å². The lowest BCUT2D eigenvalue weighted by Crippen LogP contribution is -2.33. The van der Waals surface area contributed by atoms with E-state index < -0.39 is 0 Å². The summed E-state index contributed by atoms with van der Waals surface area (Å²) in [6.07, 6.45) is 0. The van der Waals surface area contributed by atoms with Crippen LogP contribution in [0.2, 0.25) is 0 Å². The molecule has 2 N–H and O–H groups in total. The second-order valence-electron chi connectivity index (χ2n) is 4.15. The predicted octanol–water partition coefficient (Wildman–Crippen LogP) is 4.18. The highest BCUT2D eigenvalue weighted by Crippen LogP contribution is 2.34. The quantitative estimate of drug-likeness (QED) is 0.883. The van der Waals surface area contributed by atoms with Gasteiger partial charge in [0.25, 0.3) is 0 Å². The fraction of sp³-hybridized carbons (Fsp3) is 0.286. The summed E-state index contributed by atoms with van der Waals surface area (Å²) in [5.41, 5.74) is 6.79. The molecule has 1 aromatic carbocycles. The van der Waals surface area contributed by atoms with Gasteiger partial charge in [-0.05, 0) is 52.5 Å². The van der Waals surface area contributed by atoms with Crippen molar-refractivity contribution in [1.29, 1.82) is 0 Å². The van der Waals surface area contributed by atoms with Crippen molar-refractivity contribution in [3.8, 4) is 0 Å². The van der Waals surface area contributed by atoms with Gasteiger partial charge in [0.05, 0.1) is 6.04 Å². The van der Waals surface area contributed by atoms with Crippen LogP contribution >= 0.6 is 27.3 Å². The second-order valence-corrected chi connectivity index (χ2v) is 5.95. The molecular weight excluding hydrogens is 327 g/mol. The van der Waals surface area contributed by atoms with Gasteiger partial charge in [0.2, 0.25) is 0 Å². The number of hydrogen-bond donors (Lipinski definition) is 1. The number of rotatable bonds is 5. The third-order valence-corrected chi connectivity index (χ3v) is 5.00. The molecule has 1 atom stereocenters. The van der Waals surface area contributed by atoms with Gasteiger partial charge in [-0.2, -0.15) is 0 Å². The topological polar surface area (TPSA) is 29.3 Å². The van der Waals surface area contributed by atoms with Crippen LogP contribution in [-0.2, 0) is 0 Å². The minimum Gasteiger partial charge on any atom is -0.363 e. The Morgan fingerprint density at radius 2 is 2.21 bits per heavy atom. The molecule has 0 saturated heterocycles. The third-order valence-electron chi connectivity index (χ3n) is 3.03. The number of benzene rings is 1. The van der Waals surface area contributed by atoms with Crippen molar-refractivity contribution in [2.75, 3.05) is 18.0 Å². The molecule has 0 spiro atoms. The lowest BCUT2D eigenvalue weighted by Gasteiger charge is -2.31. The first kappa shape index (κ1) is 14.5. The van der Waals surface area contributed by atoms with E-state index in [0.717, 1.165) is 16.7 Å². The van der Waals surface area contributed by atoms with Gasteiger partial charge < -0.3 is 10.6 Å². The number of nitrogens with two attached hydrogens (primary N) is 1. The zero-order valence-corrected chi connectivity index (χ0v) is 13.0. The van der Waals surface area contributed by atoms with Crippen LogP contribution in [0.1, 0.15) is 17.8 Å². The number of hydrogen-bond acceptors (Lipinski definition) is 3. The molecule has 0 aliphatic rings. The summed E-state index contributed by atoms with van der Waals surface area (Å²) in [7, 11) is 0.